The average molecular weight is 529 g/mol. The number of benzene rings is 2. The molecule has 0 radical (unpaired) electrons. The van der Waals surface area contributed by atoms with Gasteiger partial charge in [0, 0.05) is 40.1 Å². The van der Waals surface area contributed by atoms with Crippen LogP contribution < -0.4 is 0 Å². The van der Waals surface area contributed by atoms with E-state index in [9.17, 15) is 0 Å². The molecule has 0 bridgehead atoms. The summed E-state index contributed by atoms with van der Waals surface area (Å²) in [6, 6.07) is 26.2. The van der Waals surface area contributed by atoms with Crippen LogP contribution in [0.4, 0.5) is 0 Å². The number of aromatic amines is 1. The normalized spacial score (nSPS) is 15.9. The zero-order valence-corrected chi connectivity index (χ0v) is 25.3. The van der Waals surface area contributed by atoms with Gasteiger partial charge in [0.05, 0.1) is 0 Å². The fourth-order valence-corrected chi connectivity index (χ4v) is 5.77. The predicted octanol–water partition coefficient (Wildman–Crippen LogP) is 10.6. The molecule has 0 fully saturated rings. The fourth-order valence-electron chi connectivity index (χ4n) is 5.77. The second kappa shape index (κ2) is 11.0. The summed E-state index contributed by atoms with van der Waals surface area (Å²) in [7, 11) is 0. The van der Waals surface area contributed by atoms with Crippen LogP contribution in [0.2, 0.25) is 0 Å². The van der Waals surface area contributed by atoms with Gasteiger partial charge in [-0.1, -0.05) is 116 Å². The second-order valence-electron chi connectivity index (χ2n) is 12.9. The van der Waals surface area contributed by atoms with E-state index in [0.717, 1.165) is 23.4 Å². The summed E-state index contributed by atoms with van der Waals surface area (Å²) in [5, 5.41) is 0. The van der Waals surface area contributed by atoms with Crippen LogP contribution in [0.5, 0.6) is 0 Å². The van der Waals surface area contributed by atoms with Crippen molar-refractivity contribution < 1.29 is 0 Å². The highest BCUT2D eigenvalue weighted by atomic mass is 15.0. The third-order valence-electron chi connectivity index (χ3n) is 8.35. The molecule has 0 saturated heterocycles. The minimum Gasteiger partial charge on any atom is -0.358 e. The van der Waals surface area contributed by atoms with Crippen molar-refractivity contribution in [3.05, 3.63) is 126 Å². The highest BCUT2D eigenvalue weighted by Crippen LogP contribution is 2.42. The predicted molar refractivity (Wildman–Crippen MR) is 173 cm³/mol. The van der Waals surface area contributed by atoms with Gasteiger partial charge in [-0.25, -0.2) is 0 Å². The number of hydrogen-bond donors (Lipinski definition) is 1. The van der Waals surface area contributed by atoms with Gasteiger partial charge in [0.25, 0.3) is 0 Å². The van der Waals surface area contributed by atoms with Gasteiger partial charge in [-0.05, 0) is 76.1 Å². The molecule has 2 nitrogen and oxygen atoms in total. The molecule has 4 aromatic rings. The van der Waals surface area contributed by atoms with Crippen molar-refractivity contribution in [2.45, 2.75) is 66.2 Å². The minimum absolute atomic E-state index is 0.0199. The molecule has 1 unspecified atom stereocenters. The molecule has 40 heavy (non-hydrogen) atoms. The zero-order valence-electron chi connectivity index (χ0n) is 25.3. The summed E-state index contributed by atoms with van der Waals surface area (Å²) in [5.74, 6) is 1.41. The molecule has 2 aromatic heterocycles. The summed E-state index contributed by atoms with van der Waals surface area (Å²) in [5.41, 5.74) is 12.3. The van der Waals surface area contributed by atoms with Crippen LogP contribution in [0.3, 0.4) is 0 Å². The smallest absolute Gasteiger partial charge is 0.0494 e. The molecule has 0 aliphatic heterocycles. The van der Waals surface area contributed by atoms with Crippen molar-refractivity contribution in [3.63, 3.8) is 0 Å². The maximum absolute atomic E-state index is 4.73. The van der Waals surface area contributed by atoms with Gasteiger partial charge >= 0.3 is 0 Å². The number of nitrogens with one attached hydrogen (secondary N) is 1. The van der Waals surface area contributed by atoms with E-state index in [1.54, 1.807) is 0 Å². The Morgan fingerprint density at radius 1 is 0.925 bits per heavy atom. The Hall–Kier alpha value is -3.78. The Bertz CT molecular complexity index is 1560. The molecule has 1 N–H and O–H groups in total. The largest absolute Gasteiger partial charge is 0.358 e. The van der Waals surface area contributed by atoms with Crippen molar-refractivity contribution in [3.8, 4) is 11.3 Å². The lowest BCUT2D eigenvalue weighted by Gasteiger charge is -2.29. The topological polar surface area (TPSA) is 20.7 Å². The Balaban J connectivity index is 1.67. The third-order valence-corrected chi connectivity index (χ3v) is 8.35. The molecule has 5 rings (SSSR count). The highest BCUT2D eigenvalue weighted by Gasteiger charge is 2.28. The van der Waals surface area contributed by atoms with E-state index in [-0.39, 0.29) is 5.41 Å². The lowest BCUT2D eigenvalue weighted by molar-refractivity contribution is 0.481. The molecular formula is C38H44N2. The van der Waals surface area contributed by atoms with E-state index in [2.05, 4.69) is 149 Å². The van der Waals surface area contributed by atoms with Crippen LogP contribution in [-0.2, 0) is 5.41 Å². The lowest BCUT2D eigenvalue weighted by Crippen LogP contribution is -2.16. The summed E-state index contributed by atoms with van der Waals surface area (Å²) in [6.07, 6.45) is 8.21. The maximum atomic E-state index is 4.73. The van der Waals surface area contributed by atoms with Crippen molar-refractivity contribution in [1.29, 1.82) is 0 Å². The highest BCUT2D eigenvalue weighted by molar-refractivity contribution is 5.88. The van der Waals surface area contributed by atoms with E-state index in [4.69, 9.17) is 6.58 Å². The van der Waals surface area contributed by atoms with E-state index in [1.165, 1.54) is 39.2 Å². The molecule has 1 atom stereocenters. The first-order valence-corrected chi connectivity index (χ1v) is 14.7. The monoisotopic (exact) mass is 528 g/mol. The van der Waals surface area contributed by atoms with Crippen molar-refractivity contribution in [2.75, 3.05) is 0 Å². The Kier molecular flexibility index (Phi) is 7.64. The third kappa shape index (κ3) is 5.45. The quantitative estimate of drug-likeness (QED) is 0.246. The van der Waals surface area contributed by atoms with Crippen molar-refractivity contribution in [2.24, 2.45) is 11.8 Å². The van der Waals surface area contributed by atoms with Crippen LogP contribution in [0.1, 0.15) is 88.9 Å². The van der Waals surface area contributed by atoms with Crippen molar-refractivity contribution >= 4 is 16.8 Å². The van der Waals surface area contributed by atoms with Gasteiger partial charge in [0.1, 0.15) is 0 Å². The van der Waals surface area contributed by atoms with E-state index in [1.807, 2.05) is 0 Å². The van der Waals surface area contributed by atoms with Crippen LogP contribution in [0.25, 0.3) is 28.1 Å². The fraction of sp³-hybridized carbons (Fsp3) is 0.316. The molecule has 1 aliphatic rings. The van der Waals surface area contributed by atoms with Gasteiger partial charge in [-0.15, -0.1) is 0 Å². The molecule has 0 saturated carbocycles. The van der Waals surface area contributed by atoms with Crippen molar-refractivity contribution in [1.82, 2.24) is 9.55 Å². The van der Waals surface area contributed by atoms with E-state index < -0.39 is 0 Å². The molecule has 206 valence electrons. The Morgan fingerprint density at radius 3 is 2.27 bits per heavy atom. The molecule has 0 spiro atoms. The van der Waals surface area contributed by atoms with Gasteiger partial charge in [0.15, 0.2) is 0 Å². The minimum atomic E-state index is 0.0199. The number of nitrogens with zero attached hydrogens (tertiary/aromatic N) is 1. The van der Waals surface area contributed by atoms with Crippen LogP contribution in [0, 0.1) is 11.8 Å². The van der Waals surface area contributed by atoms with Gasteiger partial charge in [-0.2, -0.15) is 0 Å². The maximum Gasteiger partial charge on any atom is 0.0494 e. The zero-order chi connectivity index (χ0) is 28.6. The average Bonchev–Trinajstić information content (AvgIpc) is 3.61. The number of allylic oxidation sites excluding steroid dienone is 4. The molecule has 2 aromatic carbocycles. The van der Waals surface area contributed by atoms with Gasteiger partial charge < -0.3 is 9.55 Å². The standard InChI is InChI=1S/C38H44N2/c1-25(2)31-19-18-29(28-14-10-9-11-15-28)22-34(31)37-23-30(38(6,7)8)24-40(37)27(5)32-16-12-13-17-33(32)36-21-20-35(39-36)26(3)4/h9-18,20-26,31,39H,5,19H2,1-4,6-8H3. The van der Waals surface area contributed by atoms with Gasteiger partial charge in [-0.3, -0.25) is 0 Å². The summed E-state index contributed by atoms with van der Waals surface area (Å²) in [6.45, 7) is 20.8. The molecule has 0 amide bonds. The first-order chi connectivity index (χ1) is 19.0. The van der Waals surface area contributed by atoms with E-state index in [0.29, 0.717) is 17.8 Å². The van der Waals surface area contributed by atoms with Gasteiger partial charge in [0.2, 0.25) is 0 Å². The molecule has 1 aliphatic carbocycles. The number of hydrogen-bond acceptors (Lipinski definition) is 0. The SMILES string of the molecule is C=C(c1ccccc1-c1ccc(C(C)C)[nH]1)n1cc(C(C)(C)C)cc1C1=CC(c2ccccc2)=CCC1C(C)C. The molecule has 2 heterocycles. The van der Waals surface area contributed by atoms with E-state index >= 15 is 0 Å². The summed E-state index contributed by atoms with van der Waals surface area (Å²) >= 11 is 0. The first-order valence-electron chi connectivity index (χ1n) is 14.7. The van der Waals surface area contributed by atoms with Crippen LogP contribution >= 0.6 is 0 Å². The number of rotatable bonds is 7. The number of H-pyrrole nitrogens is 1. The molecular weight excluding hydrogens is 484 g/mol. The summed E-state index contributed by atoms with van der Waals surface area (Å²) < 4.78 is 2.36. The summed E-state index contributed by atoms with van der Waals surface area (Å²) in [4.78, 5) is 3.66. The lowest BCUT2D eigenvalue weighted by atomic mass is 9.78. The molecule has 2 heteroatoms. The second-order valence-corrected chi connectivity index (χ2v) is 12.9. The van der Waals surface area contributed by atoms with Crippen LogP contribution in [-0.4, -0.2) is 9.55 Å². The van der Waals surface area contributed by atoms with Crippen LogP contribution in [0.15, 0.2) is 97.7 Å². The number of aromatic nitrogens is 2. The Labute approximate surface area is 241 Å². The Morgan fingerprint density at radius 2 is 1.62 bits per heavy atom. The first kappa shape index (κ1) is 27.8.